The first kappa shape index (κ1) is 24.5. The molecule has 1 N–H and O–H groups in total. The van der Waals surface area contributed by atoms with Crippen LogP contribution in [0.3, 0.4) is 0 Å². The summed E-state index contributed by atoms with van der Waals surface area (Å²) in [6.45, 7) is 5.55. The van der Waals surface area contributed by atoms with E-state index < -0.39 is 34.3 Å². The van der Waals surface area contributed by atoms with E-state index in [-0.39, 0.29) is 27.5 Å². The highest BCUT2D eigenvalue weighted by molar-refractivity contribution is 8.00. The lowest BCUT2D eigenvalue weighted by molar-refractivity contribution is -0.137. The first-order valence-corrected chi connectivity index (χ1v) is 10.8. The number of aromatic nitrogens is 4. The minimum absolute atomic E-state index is 0.0566. The summed E-state index contributed by atoms with van der Waals surface area (Å²) in [5.41, 5.74) is -2.93. The Morgan fingerprint density at radius 1 is 1.06 bits per heavy atom. The quantitative estimate of drug-likeness (QED) is 0.454. The lowest BCUT2D eigenvalue weighted by atomic mass is 9.96. The molecule has 8 nitrogen and oxygen atoms in total. The summed E-state index contributed by atoms with van der Waals surface area (Å²) in [5.74, 6) is -0.667. The lowest BCUT2D eigenvalue weighted by Crippen LogP contribution is -2.38. The van der Waals surface area contributed by atoms with Gasteiger partial charge in [0, 0.05) is 19.5 Å². The molecule has 2 aromatic heterocycles. The van der Waals surface area contributed by atoms with E-state index in [0.29, 0.717) is 5.82 Å². The number of hydrogen-bond donors (Lipinski definition) is 1. The molecule has 0 aliphatic heterocycles. The van der Waals surface area contributed by atoms with Crippen LogP contribution in [0.5, 0.6) is 0 Å². The summed E-state index contributed by atoms with van der Waals surface area (Å²) >= 11 is 0.885. The predicted molar refractivity (Wildman–Crippen MR) is 120 cm³/mol. The van der Waals surface area contributed by atoms with E-state index in [0.717, 1.165) is 28.5 Å². The van der Waals surface area contributed by atoms with E-state index in [1.165, 1.54) is 30.8 Å². The molecule has 0 aliphatic rings. The number of nitrogens with zero attached hydrogens (tertiary/aromatic N) is 4. The van der Waals surface area contributed by atoms with Crippen LogP contribution in [0.1, 0.15) is 32.2 Å². The standard InChI is InChI=1S/C21H22F3N5O3S/c1-20(2,3)18-26-15-14(17(31)29(5)19(32)28(15)4)16(27-18)33-10-13(30)25-12-9-7-6-8-11(12)21(22,23)24/h6-9H,10H2,1-5H3,(H,25,30). The number of hydrogen-bond acceptors (Lipinski definition) is 6. The van der Waals surface area contributed by atoms with Crippen molar-refractivity contribution in [1.82, 2.24) is 19.1 Å². The molecular formula is C21H22F3N5O3S. The van der Waals surface area contributed by atoms with E-state index in [1.807, 2.05) is 20.8 Å². The number of fused-ring (bicyclic) bond motifs is 1. The van der Waals surface area contributed by atoms with Gasteiger partial charge in [0.25, 0.3) is 5.56 Å². The van der Waals surface area contributed by atoms with Crippen molar-refractivity contribution >= 4 is 34.4 Å². The Morgan fingerprint density at radius 2 is 1.70 bits per heavy atom. The highest BCUT2D eigenvalue weighted by Gasteiger charge is 2.33. The van der Waals surface area contributed by atoms with E-state index in [4.69, 9.17) is 0 Å². The van der Waals surface area contributed by atoms with E-state index in [9.17, 15) is 27.6 Å². The smallest absolute Gasteiger partial charge is 0.325 e. The van der Waals surface area contributed by atoms with Gasteiger partial charge in [0.15, 0.2) is 5.65 Å². The zero-order valence-corrected chi connectivity index (χ0v) is 19.4. The highest BCUT2D eigenvalue weighted by atomic mass is 32.2. The normalized spacial score (nSPS) is 12.2. The Morgan fingerprint density at radius 3 is 2.30 bits per heavy atom. The summed E-state index contributed by atoms with van der Waals surface area (Å²) in [5, 5.41) is 2.49. The maximum atomic E-state index is 13.2. The van der Waals surface area contributed by atoms with Gasteiger partial charge in [-0.05, 0) is 12.1 Å². The van der Waals surface area contributed by atoms with Crippen LogP contribution < -0.4 is 16.6 Å². The van der Waals surface area contributed by atoms with E-state index in [1.54, 1.807) is 0 Å². The molecule has 176 valence electrons. The van der Waals surface area contributed by atoms with Crippen molar-refractivity contribution in [2.75, 3.05) is 11.1 Å². The molecule has 0 fully saturated rings. The third-order valence-electron chi connectivity index (χ3n) is 4.78. The Bertz CT molecular complexity index is 1360. The predicted octanol–water partition coefficient (Wildman–Crippen LogP) is 3.07. The summed E-state index contributed by atoms with van der Waals surface area (Å²) in [6, 6.07) is 4.65. The van der Waals surface area contributed by atoms with Gasteiger partial charge in [-0.1, -0.05) is 44.7 Å². The number of alkyl halides is 3. The van der Waals surface area contributed by atoms with Gasteiger partial charge in [-0.15, -0.1) is 0 Å². The summed E-state index contributed by atoms with van der Waals surface area (Å²) in [7, 11) is 2.79. The number of thioether (sulfide) groups is 1. The van der Waals surface area contributed by atoms with Crippen LogP contribution in [0.25, 0.3) is 11.0 Å². The number of halogens is 3. The molecule has 0 saturated carbocycles. The number of carbonyl (C=O) groups is 1. The zero-order valence-electron chi connectivity index (χ0n) is 18.6. The van der Waals surface area contributed by atoms with Crippen molar-refractivity contribution in [3.63, 3.8) is 0 Å². The highest BCUT2D eigenvalue weighted by Crippen LogP contribution is 2.35. The molecule has 1 amide bonds. The fraction of sp³-hybridized carbons (Fsp3) is 0.381. The van der Waals surface area contributed by atoms with E-state index >= 15 is 0 Å². The number of carbonyl (C=O) groups excluding carboxylic acids is 1. The second kappa shape index (κ2) is 8.65. The Balaban J connectivity index is 2.01. The van der Waals surface area contributed by atoms with Crippen molar-refractivity contribution in [3.8, 4) is 0 Å². The van der Waals surface area contributed by atoms with Crippen molar-refractivity contribution in [2.45, 2.75) is 37.4 Å². The maximum Gasteiger partial charge on any atom is 0.418 e. The molecule has 1 aromatic carbocycles. The van der Waals surface area contributed by atoms with Crippen molar-refractivity contribution in [1.29, 1.82) is 0 Å². The molecule has 0 atom stereocenters. The fourth-order valence-corrected chi connectivity index (χ4v) is 3.84. The molecule has 0 saturated heterocycles. The van der Waals surface area contributed by atoms with E-state index in [2.05, 4.69) is 15.3 Å². The summed E-state index contributed by atoms with van der Waals surface area (Å²) < 4.78 is 41.7. The molecule has 3 aromatic rings. The van der Waals surface area contributed by atoms with Gasteiger partial charge in [0.1, 0.15) is 16.2 Å². The second-order valence-electron chi connectivity index (χ2n) is 8.39. The molecular weight excluding hydrogens is 459 g/mol. The van der Waals surface area contributed by atoms with Crippen molar-refractivity contribution < 1.29 is 18.0 Å². The third-order valence-corrected chi connectivity index (χ3v) is 5.76. The molecule has 0 bridgehead atoms. The number of aryl methyl sites for hydroxylation is 1. The second-order valence-corrected chi connectivity index (χ2v) is 9.35. The molecule has 12 heteroatoms. The largest absolute Gasteiger partial charge is 0.418 e. The first-order valence-electron chi connectivity index (χ1n) is 9.79. The van der Waals surface area contributed by atoms with Crippen LogP contribution >= 0.6 is 11.8 Å². The maximum absolute atomic E-state index is 13.2. The zero-order chi connectivity index (χ0) is 24.7. The summed E-state index contributed by atoms with van der Waals surface area (Å²) in [4.78, 5) is 46.5. The molecule has 0 radical (unpaired) electrons. The average Bonchev–Trinajstić information content (AvgIpc) is 2.73. The molecule has 0 aliphatic carbocycles. The van der Waals surface area contributed by atoms with Crippen LogP contribution in [-0.2, 0) is 30.5 Å². The number of amides is 1. The molecule has 0 spiro atoms. The topological polar surface area (TPSA) is 98.9 Å². The van der Waals surface area contributed by atoms with Crippen LogP contribution in [0.15, 0.2) is 38.9 Å². The number of rotatable bonds is 4. The summed E-state index contributed by atoms with van der Waals surface area (Å²) in [6.07, 6.45) is -4.63. The van der Waals surface area contributed by atoms with Gasteiger partial charge in [0.2, 0.25) is 5.91 Å². The Labute approximate surface area is 190 Å². The number of anilines is 1. The minimum atomic E-state index is -4.63. The Kier molecular flexibility index (Phi) is 6.42. The van der Waals surface area contributed by atoms with Gasteiger partial charge in [-0.3, -0.25) is 18.7 Å². The minimum Gasteiger partial charge on any atom is -0.325 e. The molecule has 3 rings (SSSR count). The number of para-hydroxylation sites is 1. The molecule has 0 unspecified atom stereocenters. The SMILES string of the molecule is Cn1c(=O)c2c(SCC(=O)Nc3ccccc3C(F)(F)F)nc(C(C)(C)C)nc2n(C)c1=O. The number of benzene rings is 1. The lowest BCUT2D eigenvalue weighted by Gasteiger charge is -2.19. The molecule has 33 heavy (non-hydrogen) atoms. The van der Waals surface area contributed by atoms with Crippen LogP contribution in [0.4, 0.5) is 18.9 Å². The van der Waals surface area contributed by atoms with Crippen molar-refractivity contribution in [2.24, 2.45) is 14.1 Å². The third kappa shape index (κ3) is 4.95. The van der Waals surface area contributed by atoms with Crippen molar-refractivity contribution in [3.05, 3.63) is 56.5 Å². The monoisotopic (exact) mass is 481 g/mol. The fourth-order valence-electron chi connectivity index (χ4n) is 3.03. The van der Waals surface area contributed by atoms with Crippen LogP contribution in [0.2, 0.25) is 0 Å². The van der Waals surface area contributed by atoms with Gasteiger partial charge in [-0.2, -0.15) is 13.2 Å². The number of nitrogens with one attached hydrogen (secondary N) is 1. The first-order chi connectivity index (χ1) is 15.2. The van der Waals surface area contributed by atoms with Crippen LogP contribution in [-0.4, -0.2) is 30.8 Å². The molecule has 2 heterocycles. The van der Waals surface area contributed by atoms with Gasteiger partial charge in [0.05, 0.1) is 17.0 Å². The van der Waals surface area contributed by atoms with Gasteiger partial charge in [-0.25, -0.2) is 14.8 Å². The average molecular weight is 482 g/mol. The van der Waals surface area contributed by atoms with Gasteiger partial charge < -0.3 is 5.32 Å². The van der Waals surface area contributed by atoms with Gasteiger partial charge >= 0.3 is 11.9 Å². The Hall–Kier alpha value is -3.15. The van der Waals surface area contributed by atoms with Crippen LogP contribution in [0, 0.1) is 0 Å².